The summed E-state index contributed by atoms with van der Waals surface area (Å²) in [5, 5.41) is 13.6. The van der Waals surface area contributed by atoms with Crippen LogP contribution in [-0.4, -0.2) is 35.2 Å². The molecule has 2 amide bonds. The minimum absolute atomic E-state index is 0.173. The van der Waals surface area contributed by atoms with Crippen molar-refractivity contribution in [3.63, 3.8) is 0 Å². The highest BCUT2D eigenvalue weighted by molar-refractivity contribution is 5.97. The number of nitrogens with one attached hydrogen (secondary N) is 3. The molecule has 0 bridgehead atoms. The highest BCUT2D eigenvalue weighted by Gasteiger charge is 2.13. The molecule has 0 saturated heterocycles. The molecular formula is C19H20N4O3. The number of anilines is 2. The van der Waals surface area contributed by atoms with Gasteiger partial charge in [0.15, 0.2) is 0 Å². The maximum atomic E-state index is 12.3. The van der Waals surface area contributed by atoms with Gasteiger partial charge in [0.25, 0.3) is 5.91 Å². The smallest absolute Gasteiger partial charge is 0.253 e. The summed E-state index contributed by atoms with van der Waals surface area (Å²) in [5.74, 6) is -0.423. The van der Waals surface area contributed by atoms with Crippen molar-refractivity contribution in [2.45, 2.75) is 19.4 Å². The number of methoxy groups -OCH3 is 1. The van der Waals surface area contributed by atoms with Gasteiger partial charge in [-0.05, 0) is 31.2 Å². The molecule has 1 aromatic heterocycles. The van der Waals surface area contributed by atoms with Crippen LogP contribution in [0.5, 0.6) is 0 Å². The summed E-state index contributed by atoms with van der Waals surface area (Å²) in [4.78, 5) is 24.2. The Balaban J connectivity index is 1.66. The Hall–Kier alpha value is -3.19. The van der Waals surface area contributed by atoms with Crippen LogP contribution < -0.4 is 10.6 Å². The highest BCUT2D eigenvalue weighted by Crippen LogP contribution is 2.18. The largest absolute Gasteiger partial charge is 0.372 e. The van der Waals surface area contributed by atoms with E-state index in [0.717, 1.165) is 16.6 Å². The highest BCUT2D eigenvalue weighted by atomic mass is 16.5. The predicted molar refractivity (Wildman–Crippen MR) is 100.0 cm³/mol. The Bertz CT molecular complexity index is 935. The van der Waals surface area contributed by atoms with Crippen LogP contribution in [0.25, 0.3) is 10.9 Å². The Kier molecular flexibility index (Phi) is 5.28. The van der Waals surface area contributed by atoms with Gasteiger partial charge >= 0.3 is 0 Å². The van der Waals surface area contributed by atoms with Gasteiger partial charge in [-0.2, -0.15) is 5.10 Å². The molecule has 3 rings (SSSR count). The first-order valence-electron chi connectivity index (χ1n) is 8.22. The zero-order valence-corrected chi connectivity index (χ0v) is 14.6. The molecule has 26 heavy (non-hydrogen) atoms. The minimum atomic E-state index is -0.554. The first kappa shape index (κ1) is 17.6. The van der Waals surface area contributed by atoms with Crippen LogP contribution in [0.2, 0.25) is 0 Å². The Morgan fingerprint density at radius 2 is 1.85 bits per heavy atom. The van der Waals surface area contributed by atoms with Crippen LogP contribution in [0.15, 0.2) is 48.5 Å². The van der Waals surface area contributed by atoms with Crippen LogP contribution in [0, 0.1) is 0 Å². The van der Waals surface area contributed by atoms with E-state index in [9.17, 15) is 9.59 Å². The molecule has 1 unspecified atom stereocenters. The Labute approximate surface area is 150 Å². The minimum Gasteiger partial charge on any atom is -0.372 e. The molecular weight excluding hydrogens is 332 g/mol. The molecule has 1 atom stereocenters. The van der Waals surface area contributed by atoms with Gasteiger partial charge in [0.2, 0.25) is 5.91 Å². The standard InChI is InChI=1S/C19H20N4O3/c1-12(26-2)19(25)21-14-7-5-6-13(10-14)20-18(24)11-17-15-8-3-4-9-16(15)22-23-17/h3-10,12H,11H2,1-2H3,(H,20,24)(H,21,25)(H,22,23). The molecule has 0 radical (unpaired) electrons. The van der Waals surface area contributed by atoms with E-state index >= 15 is 0 Å². The molecule has 7 heteroatoms. The van der Waals surface area contributed by atoms with Gasteiger partial charge in [0, 0.05) is 23.9 Å². The summed E-state index contributed by atoms with van der Waals surface area (Å²) < 4.78 is 4.98. The predicted octanol–water partition coefficient (Wildman–Crippen LogP) is 2.72. The summed E-state index contributed by atoms with van der Waals surface area (Å²) in [5.41, 5.74) is 2.77. The van der Waals surface area contributed by atoms with Gasteiger partial charge in [0.05, 0.1) is 17.6 Å². The number of aromatic amines is 1. The van der Waals surface area contributed by atoms with Crippen LogP contribution in [0.1, 0.15) is 12.6 Å². The number of hydrogen-bond acceptors (Lipinski definition) is 4. The number of aromatic nitrogens is 2. The number of carbonyl (C=O) groups excluding carboxylic acids is 2. The Morgan fingerprint density at radius 1 is 1.12 bits per heavy atom. The van der Waals surface area contributed by atoms with E-state index < -0.39 is 6.10 Å². The number of nitrogens with zero attached hydrogens (tertiary/aromatic N) is 1. The summed E-state index contributed by atoms with van der Waals surface area (Å²) in [6.07, 6.45) is -0.375. The quantitative estimate of drug-likeness (QED) is 0.635. The molecule has 0 aliphatic rings. The van der Waals surface area contributed by atoms with Crippen molar-refractivity contribution in [2.75, 3.05) is 17.7 Å². The van der Waals surface area contributed by atoms with E-state index in [1.807, 2.05) is 24.3 Å². The van der Waals surface area contributed by atoms with Gasteiger partial charge in [-0.25, -0.2) is 0 Å². The van der Waals surface area contributed by atoms with E-state index in [2.05, 4.69) is 20.8 Å². The van der Waals surface area contributed by atoms with Crippen molar-refractivity contribution in [3.05, 3.63) is 54.2 Å². The molecule has 7 nitrogen and oxygen atoms in total. The lowest BCUT2D eigenvalue weighted by atomic mass is 10.1. The number of fused-ring (bicyclic) bond motifs is 1. The van der Waals surface area contributed by atoms with Crippen molar-refractivity contribution in [2.24, 2.45) is 0 Å². The number of carbonyl (C=O) groups is 2. The Morgan fingerprint density at radius 3 is 2.62 bits per heavy atom. The zero-order chi connectivity index (χ0) is 18.5. The molecule has 0 fully saturated rings. The maximum absolute atomic E-state index is 12.3. The van der Waals surface area contributed by atoms with Crippen LogP contribution >= 0.6 is 0 Å². The average Bonchev–Trinajstić information content (AvgIpc) is 3.04. The fourth-order valence-electron chi connectivity index (χ4n) is 2.54. The SMILES string of the molecule is COC(C)C(=O)Nc1cccc(NC(=O)Cc2[nH]nc3ccccc23)c1. The van der Waals surface area contributed by atoms with Crippen molar-refractivity contribution in [1.29, 1.82) is 0 Å². The fraction of sp³-hybridized carbons (Fsp3) is 0.211. The molecule has 0 spiro atoms. The number of ether oxygens (including phenoxy) is 1. The molecule has 3 N–H and O–H groups in total. The summed E-state index contributed by atoms with van der Waals surface area (Å²) in [6.45, 7) is 1.66. The average molecular weight is 352 g/mol. The number of para-hydroxylation sites is 1. The number of hydrogen-bond donors (Lipinski definition) is 3. The normalized spacial score (nSPS) is 11.9. The van der Waals surface area contributed by atoms with E-state index in [0.29, 0.717) is 11.4 Å². The van der Waals surface area contributed by atoms with Crippen molar-refractivity contribution >= 4 is 34.1 Å². The van der Waals surface area contributed by atoms with E-state index in [4.69, 9.17) is 4.74 Å². The lowest BCUT2D eigenvalue weighted by molar-refractivity contribution is -0.124. The van der Waals surface area contributed by atoms with Crippen LogP contribution in [0.4, 0.5) is 11.4 Å². The zero-order valence-electron chi connectivity index (χ0n) is 14.6. The maximum Gasteiger partial charge on any atom is 0.253 e. The van der Waals surface area contributed by atoms with Crippen LogP contribution in [-0.2, 0) is 20.7 Å². The molecule has 2 aromatic carbocycles. The van der Waals surface area contributed by atoms with Gasteiger partial charge < -0.3 is 15.4 Å². The second-order valence-corrected chi connectivity index (χ2v) is 5.89. The lowest BCUT2D eigenvalue weighted by Gasteiger charge is -2.11. The summed E-state index contributed by atoms with van der Waals surface area (Å²) in [7, 11) is 1.47. The third-order valence-electron chi connectivity index (χ3n) is 4.01. The molecule has 3 aromatic rings. The van der Waals surface area contributed by atoms with Gasteiger partial charge in [-0.3, -0.25) is 14.7 Å². The summed E-state index contributed by atoms with van der Waals surface area (Å²) in [6, 6.07) is 14.6. The lowest BCUT2D eigenvalue weighted by Crippen LogP contribution is -2.26. The van der Waals surface area contributed by atoms with Crippen molar-refractivity contribution in [1.82, 2.24) is 10.2 Å². The first-order valence-corrected chi connectivity index (χ1v) is 8.22. The second-order valence-electron chi connectivity index (χ2n) is 5.89. The molecule has 0 saturated carbocycles. The second kappa shape index (κ2) is 7.79. The topological polar surface area (TPSA) is 96.1 Å². The van der Waals surface area contributed by atoms with E-state index in [-0.39, 0.29) is 18.2 Å². The van der Waals surface area contributed by atoms with Crippen molar-refractivity contribution < 1.29 is 14.3 Å². The van der Waals surface area contributed by atoms with E-state index in [1.165, 1.54) is 7.11 Å². The fourth-order valence-corrected chi connectivity index (χ4v) is 2.54. The molecule has 0 aliphatic heterocycles. The number of rotatable bonds is 6. The van der Waals surface area contributed by atoms with Crippen molar-refractivity contribution in [3.8, 4) is 0 Å². The summed E-state index contributed by atoms with van der Waals surface area (Å²) >= 11 is 0. The first-order chi connectivity index (χ1) is 12.6. The molecule has 1 heterocycles. The number of benzene rings is 2. The third kappa shape index (κ3) is 4.07. The van der Waals surface area contributed by atoms with Gasteiger partial charge in [0.1, 0.15) is 6.10 Å². The monoisotopic (exact) mass is 352 g/mol. The third-order valence-corrected chi connectivity index (χ3v) is 4.01. The molecule has 134 valence electrons. The number of amides is 2. The van der Waals surface area contributed by atoms with Gasteiger partial charge in [-0.15, -0.1) is 0 Å². The van der Waals surface area contributed by atoms with E-state index in [1.54, 1.807) is 31.2 Å². The van der Waals surface area contributed by atoms with Gasteiger partial charge in [-0.1, -0.05) is 24.3 Å². The van der Waals surface area contributed by atoms with Crippen LogP contribution in [0.3, 0.4) is 0 Å². The molecule has 0 aliphatic carbocycles. The number of H-pyrrole nitrogens is 1.